The van der Waals surface area contributed by atoms with Crippen molar-refractivity contribution < 1.29 is 10.0 Å². The van der Waals surface area contributed by atoms with Crippen molar-refractivity contribution in [3.05, 3.63) is 50.7 Å². The molecule has 0 unspecified atom stereocenters. The Kier molecular flexibility index (Phi) is 4.26. The van der Waals surface area contributed by atoms with E-state index in [1.54, 1.807) is 24.3 Å². The molecule has 0 saturated carbocycles. The second-order valence-electron chi connectivity index (χ2n) is 4.04. The fraction of sp³-hybridized carbons (Fsp3) is 0.0769. The molecule has 20 heavy (non-hydrogen) atoms. The van der Waals surface area contributed by atoms with Crippen LogP contribution in [0.15, 0.2) is 35.5 Å². The number of nitrogens with two attached hydrogens (primary N) is 1. The first-order valence-electron chi connectivity index (χ1n) is 5.67. The number of hydrogen-bond donors (Lipinski definition) is 3. The Morgan fingerprint density at radius 1 is 1.40 bits per heavy atom. The third-order valence-electron chi connectivity index (χ3n) is 2.68. The second-order valence-corrected chi connectivity index (χ2v) is 5.76. The molecule has 0 fully saturated rings. The van der Waals surface area contributed by atoms with Crippen LogP contribution in [0.25, 0.3) is 0 Å². The zero-order valence-electron chi connectivity index (χ0n) is 10.6. The molecule has 5 nitrogen and oxygen atoms in total. The molecular weight excluding hydrogens is 298 g/mol. The van der Waals surface area contributed by atoms with Gasteiger partial charge in [-0.1, -0.05) is 28.9 Å². The van der Waals surface area contributed by atoms with Crippen LogP contribution in [0.5, 0.6) is 0 Å². The molecule has 0 aliphatic rings. The number of nitrogens with one attached hydrogen (secondary N) is 1. The van der Waals surface area contributed by atoms with Crippen LogP contribution in [0, 0.1) is 6.92 Å². The normalized spacial score (nSPS) is 11.4. The summed E-state index contributed by atoms with van der Waals surface area (Å²) in [6, 6.07) is 8.57. The summed E-state index contributed by atoms with van der Waals surface area (Å²) in [7, 11) is 0. The van der Waals surface area contributed by atoms with Crippen molar-refractivity contribution in [1.29, 1.82) is 0 Å². The van der Waals surface area contributed by atoms with Crippen molar-refractivity contribution >= 4 is 40.4 Å². The summed E-state index contributed by atoms with van der Waals surface area (Å²) in [5, 5.41) is 14.6. The quantitative estimate of drug-likeness (QED) is 0.352. The summed E-state index contributed by atoms with van der Waals surface area (Å²) in [5.74, 6) is -0.345. The van der Waals surface area contributed by atoms with E-state index >= 15 is 0 Å². The number of halogens is 1. The summed E-state index contributed by atoms with van der Waals surface area (Å²) in [5.41, 5.74) is 7.41. The van der Waals surface area contributed by atoms with Gasteiger partial charge in [0.1, 0.15) is 0 Å². The maximum absolute atomic E-state index is 12.1. The molecule has 0 spiro atoms. The van der Waals surface area contributed by atoms with E-state index in [4.69, 9.17) is 22.5 Å². The summed E-state index contributed by atoms with van der Waals surface area (Å²) < 4.78 is 0.538. The maximum Gasteiger partial charge on any atom is 0.265 e. The zero-order valence-corrected chi connectivity index (χ0v) is 12.1. The van der Waals surface area contributed by atoms with Gasteiger partial charge < -0.3 is 16.3 Å². The first-order chi connectivity index (χ1) is 9.52. The lowest BCUT2D eigenvalue weighted by Gasteiger charge is -2.11. The first kappa shape index (κ1) is 14.4. The molecule has 1 aromatic carbocycles. The number of oxime groups is 1. The number of amidine groups is 1. The van der Waals surface area contributed by atoms with E-state index in [0.717, 1.165) is 5.56 Å². The minimum absolute atomic E-state index is 0.0531. The van der Waals surface area contributed by atoms with Crippen LogP contribution in [0.4, 0.5) is 5.69 Å². The van der Waals surface area contributed by atoms with E-state index in [0.29, 0.717) is 20.5 Å². The van der Waals surface area contributed by atoms with Gasteiger partial charge in [-0.15, -0.1) is 11.3 Å². The molecule has 7 heteroatoms. The molecule has 2 rings (SSSR count). The minimum atomic E-state index is -0.292. The van der Waals surface area contributed by atoms with Gasteiger partial charge in [0, 0.05) is 5.56 Å². The van der Waals surface area contributed by atoms with Crippen molar-refractivity contribution in [2.24, 2.45) is 10.9 Å². The largest absolute Gasteiger partial charge is 0.409 e. The van der Waals surface area contributed by atoms with Crippen LogP contribution in [0.1, 0.15) is 20.8 Å². The fourth-order valence-corrected chi connectivity index (χ4v) is 2.72. The Hall–Kier alpha value is -2.05. The minimum Gasteiger partial charge on any atom is -0.409 e. The molecular formula is C13H12ClN3O2S. The van der Waals surface area contributed by atoms with Gasteiger partial charge in [0.25, 0.3) is 5.91 Å². The Bertz CT molecular complexity index is 682. The van der Waals surface area contributed by atoms with E-state index in [9.17, 15) is 4.79 Å². The smallest absolute Gasteiger partial charge is 0.265 e. The van der Waals surface area contributed by atoms with Gasteiger partial charge in [-0.05, 0) is 30.7 Å². The van der Waals surface area contributed by atoms with E-state index < -0.39 is 0 Å². The van der Waals surface area contributed by atoms with Crippen LogP contribution in [-0.4, -0.2) is 17.0 Å². The Morgan fingerprint density at radius 2 is 2.15 bits per heavy atom. The molecule has 0 aliphatic heterocycles. The standard InChI is InChI=1S/C13H12ClN3O2S/c1-7-3-2-4-8(11(7)12(15)17-19)16-13(18)9-5-6-10(14)20-9/h2-6,19H,1H3,(H2,15,17)(H,16,18). The van der Waals surface area contributed by atoms with Gasteiger partial charge >= 0.3 is 0 Å². The number of anilines is 1. The zero-order chi connectivity index (χ0) is 14.7. The molecule has 0 radical (unpaired) electrons. The van der Waals surface area contributed by atoms with Crippen LogP contribution >= 0.6 is 22.9 Å². The topological polar surface area (TPSA) is 87.7 Å². The third-order valence-corrected chi connectivity index (χ3v) is 3.91. The van der Waals surface area contributed by atoms with Crippen molar-refractivity contribution in [2.75, 3.05) is 5.32 Å². The fourth-order valence-electron chi connectivity index (χ4n) is 1.78. The number of thiophene rings is 1. The molecule has 1 heterocycles. The number of amides is 1. The Morgan fingerprint density at radius 3 is 2.75 bits per heavy atom. The SMILES string of the molecule is Cc1cccc(NC(=O)c2ccc(Cl)s2)c1/C(N)=N/O. The Balaban J connectivity index is 2.34. The van der Waals surface area contributed by atoms with E-state index in [-0.39, 0.29) is 11.7 Å². The molecule has 104 valence electrons. The Labute approximate surface area is 124 Å². The van der Waals surface area contributed by atoms with E-state index in [1.165, 1.54) is 11.3 Å². The van der Waals surface area contributed by atoms with Gasteiger partial charge in [0.05, 0.1) is 14.9 Å². The maximum atomic E-state index is 12.1. The first-order valence-corrected chi connectivity index (χ1v) is 6.86. The number of carbonyl (C=O) groups is 1. The summed E-state index contributed by atoms with van der Waals surface area (Å²) >= 11 is 6.99. The number of rotatable bonds is 3. The molecule has 0 aliphatic carbocycles. The molecule has 0 saturated heterocycles. The number of aryl methyl sites for hydroxylation is 1. The summed E-state index contributed by atoms with van der Waals surface area (Å²) in [4.78, 5) is 12.6. The lowest BCUT2D eigenvalue weighted by atomic mass is 10.1. The molecule has 2 aromatic rings. The number of carbonyl (C=O) groups excluding carboxylic acids is 1. The van der Waals surface area contributed by atoms with Crippen molar-refractivity contribution in [3.8, 4) is 0 Å². The molecule has 4 N–H and O–H groups in total. The summed E-state index contributed by atoms with van der Waals surface area (Å²) in [6.07, 6.45) is 0. The molecule has 1 amide bonds. The lowest BCUT2D eigenvalue weighted by Crippen LogP contribution is -2.20. The average molecular weight is 310 g/mol. The van der Waals surface area contributed by atoms with Gasteiger partial charge in [-0.3, -0.25) is 4.79 Å². The number of benzene rings is 1. The van der Waals surface area contributed by atoms with Crippen molar-refractivity contribution in [1.82, 2.24) is 0 Å². The highest BCUT2D eigenvalue weighted by molar-refractivity contribution is 7.18. The highest BCUT2D eigenvalue weighted by atomic mass is 35.5. The van der Waals surface area contributed by atoms with Crippen LogP contribution in [0.3, 0.4) is 0 Å². The lowest BCUT2D eigenvalue weighted by molar-refractivity contribution is 0.103. The highest BCUT2D eigenvalue weighted by Crippen LogP contribution is 2.24. The molecule has 0 bridgehead atoms. The van der Waals surface area contributed by atoms with Gasteiger partial charge in [0.15, 0.2) is 5.84 Å². The van der Waals surface area contributed by atoms with Gasteiger partial charge in [0.2, 0.25) is 0 Å². The van der Waals surface area contributed by atoms with Crippen molar-refractivity contribution in [2.45, 2.75) is 6.92 Å². The van der Waals surface area contributed by atoms with Gasteiger partial charge in [-0.25, -0.2) is 0 Å². The third kappa shape index (κ3) is 2.92. The average Bonchev–Trinajstić information content (AvgIpc) is 2.85. The molecule has 1 aromatic heterocycles. The number of hydrogen-bond acceptors (Lipinski definition) is 4. The highest BCUT2D eigenvalue weighted by Gasteiger charge is 2.14. The van der Waals surface area contributed by atoms with Crippen LogP contribution in [-0.2, 0) is 0 Å². The van der Waals surface area contributed by atoms with Crippen LogP contribution < -0.4 is 11.1 Å². The van der Waals surface area contributed by atoms with Crippen molar-refractivity contribution in [3.63, 3.8) is 0 Å². The van der Waals surface area contributed by atoms with E-state index in [2.05, 4.69) is 10.5 Å². The predicted octanol–water partition coefficient (Wildman–Crippen LogP) is 3.06. The molecule has 0 atom stereocenters. The summed E-state index contributed by atoms with van der Waals surface area (Å²) in [6.45, 7) is 1.81. The van der Waals surface area contributed by atoms with Gasteiger partial charge in [-0.2, -0.15) is 0 Å². The van der Waals surface area contributed by atoms with Crippen LogP contribution in [0.2, 0.25) is 4.34 Å². The monoisotopic (exact) mass is 309 g/mol. The number of nitrogens with zero attached hydrogens (tertiary/aromatic N) is 1. The second kappa shape index (κ2) is 5.94. The van der Waals surface area contributed by atoms with E-state index in [1.807, 2.05) is 13.0 Å². The predicted molar refractivity (Wildman–Crippen MR) is 81.0 cm³/mol.